The summed E-state index contributed by atoms with van der Waals surface area (Å²) in [6, 6.07) is 5.65. The summed E-state index contributed by atoms with van der Waals surface area (Å²) in [5.74, 6) is 0.820. The molecule has 0 aromatic heterocycles. The summed E-state index contributed by atoms with van der Waals surface area (Å²) in [5, 5.41) is 1.37. The predicted octanol–water partition coefficient (Wildman–Crippen LogP) is 4.69. The topological polar surface area (TPSA) is 26.3 Å². The maximum atomic E-state index is 11.4. The van der Waals surface area contributed by atoms with Gasteiger partial charge in [0.05, 0.1) is 13.0 Å². The van der Waals surface area contributed by atoms with E-state index in [4.69, 9.17) is 27.9 Å². The summed E-state index contributed by atoms with van der Waals surface area (Å²) in [6.45, 7) is 2.14. The molecule has 2 nitrogen and oxygen atoms in total. The van der Waals surface area contributed by atoms with Gasteiger partial charge in [0, 0.05) is 10.0 Å². The largest absolute Gasteiger partial charge is 0.469 e. The summed E-state index contributed by atoms with van der Waals surface area (Å²) in [7, 11) is 1.45. The van der Waals surface area contributed by atoms with E-state index in [1.54, 1.807) is 6.07 Å². The molecule has 1 fully saturated rings. The molecular weight excluding hydrogens is 283 g/mol. The highest BCUT2D eigenvalue weighted by atomic mass is 35.5. The van der Waals surface area contributed by atoms with E-state index in [0.29, 0.717) is 16.9 Å². The van der Waals surface area contributed by atoms with E-state index in [1.807, 2.05) is 12.1 Å². The van der Waals surface area contributed by atoms with Crippen molar-refractivity contribution in [3.8, 4) is 0 Å². The minimum atomic E-state index is -0.0814. The van der Waals surface area contributed by atoms with Crippen molar-refractivity contribution in [2.75, 3.05) is 7.11 Å². The lowest BCUT2D eigenvalue weighted by atomic mass is 9.90. The van der Waals surface area contributed by atoms with Crippen molar-refractivity contribution in [2.24, 2.45) is 11.8 Å². The van der Waals surface area contributed by atoms with E-state index in [1.165, 1.54) is 7.11 Å². The van der Waals surface area contributed by atoms with E-state index in [0.717, 1.165) is 29.8 Å². The van der Waals surface area contributed by atoms with Crippen LogP contribution in [0.5, 0.6) is 0 Å². The van der Waals surface area contributed by atoms with Crippen LogP contribution in [-0.2, 0) is 9.53 Å². The maximum absolute atomic E-state index is 11.4. The molecule has 0 amide bonds. The number of methoxy groups -OCH3 is 1. The van der Waals surface area contributed by atoms with Gasteiger partial charge in [-0.05, 0) is 48.8 Å². The summed E-state index contributed by atoms with van der Waals surface area (Å²) in [6.07, 6.45) is 2.93. The third-order valence-corrected chi connectivity index (χ3v) is 4.47. The lowest BCUT2D eigenvalue weighted by Gasteiger charge is -2.17. The molecular formula is C15H18Cl2O2. The van der Waals surface area contributed by atoms with Crippen LogP contribution in [0.15, 0.2) is 18.2 Å². The Bertz CT molecular complexity index is 473. The Balaban J connectivity index is 2.03. The van der Waals surface area contributed by atoms with Crippen molar-refractivity contribution >= 4 is 29.2 Å². The normalized spacial score (nSPS) is 22.9. The molecule has 0 saturated heterocycles. The van der Waals surface area contributed by atoms with Gasteiger partial charge < -0.3 is 4.74 Å². The van der Waals surface area contributed by atoms with Crippen LogP contribution in [0.25, 0.3) is 0 Å². The van der Waals surface area contributed by atoms with Crippen LogP contribution < -0.4 is 0 Å². The van der Waals surface area contributed by atoms with Gasteiger partial charge >= 0.3 is 5.97 Å². The van der Waals surface area contributed by atoms with Gasteiger partial charge in [-0.1, -0.05) is 36.2 Å². The molecule has 0 aliphatic heterocycles. The first kappa shape index (κ1) is 14.7. The summed E-state index contributed by atoms with van der Waals surface area (Å²) >= 11 is 12.2. The fourth-order valence-corrected chi connectivity index (χ4v) is 3.22. The van der Waals surface area contributed by atoms with E-state index in [-0.39, 0.29) is 11.9 Å². The monoisotopic (exact) mass is 300 g/mol. The standard InChI is InChI=1S/C15H18Cl2O2/c1-3-9(6-10-7-13(10)15(18)19-2)12-5-4-11(16)8-14(12)17/h4-5,8-10,13H,3,6-7H2,1-2H3. The average molecular weight is 301 g/mol. The number of hydrogen-bond donors (Lipinski definition) is 0. The van der Waals surface area contributed by atoms with E-state index in [2.05, 4.69) is 6.92 Å². The molecule has 0 bridgehead atoms. The number of carbonyl (C=O) groups excluding carboxylic acids is 1. The molecule has 2 rings (SSSR count). The number of hydrogen-bond acceptors (Lipinski definition) is 2. The summed E-state index contributed by atoms with van der Waals surface area (Å²) in [4.78, 5) is 11.4. The van der Waals surface area contributed by atoms with Gasteiger partial charge in [-0.25, -0.2) is 0 Å². The van der Waals surface area contributed by atoms with Crippen LogP contribution in [0.2, 0.25) is 10.0 Å². The Morgan fingerprint density at radius 3 is 2.79 bits per heavy atom. The Morgan fingerprint density at radius 1 is 1.47 bits per heavy atom. The molecule has 3 unspecified atom stereocenters. The van der Waals surface area contributed by atoms with Gasteiger partial charge in [-0.3, -0.25) is 4.79 Å². The van der Waals surface area contributed by atoms with Crippen molar-refractivity contribution in [1.29, 1.82) is 0 Å². The molecule has 0 radical (unpaired) electrons. The molecule has 1 aliphatic rings. The maximum Gasteiger partial charge on any atom is 0.308 e. The third-order valence-electron chi connectivity index (χ3n) is 3.91. The minimum absolute atomic E-state index is 0.0814. The number of ether oxygens (including phenoxy) is 1. The molecule has 3 atom stereocenters. The Labute approximate surface area is 124 Å². The first-order chi connectivity index (χ1) is 9.06. The SMILES string of the molecule is CCC(CC1CC1C(=O)OC)c1ccc(Cl)cc1Cl. The van der Waals surface area contributed by atoms with Crippen molar-refractivity contribution in [3.63, 3.8) is 0 Å². The summed E-state index contributed by atoms with van der Waals surface area (Å²) in [5.41, 5.74) is 1.13. The predicted molar refractivity (Wildman–Crippen MR) is 77.7 cm³/mol. The second kappa shape index (κ2) is 6.15. The van der Waals surface area contributed by atoms with Crippen molar-refractivity contribution in [1.82, 2.24) is 0 Å². The zero-order valence-electron chi connectivity index (χ0n) is 11.2. The van der Waals surface area contributed by atoms with Gasteiger partial charge in [-0.2, -0.15) is 0 Å². The van der Waals surface area contributed by atoms with Crippen LogP contribution >= 0.6 is 23.2 Å². The molecule has 0 spiro atoms. The third kappa shape index (κ3) is 3.43. The fraction of sp³-hybridized carbons (Fsp3) is 0.533. The number of benzene rings is 1. The highest BCUT2D eigenvalue weighted by Gasteiger charge is 2.44. The Hall–Kier alpha value is -0.730. The molecule has 0 N–H and O–H groups in total. The highest BCUT2D eigenvalue weighted by Crippen LogP contribution is 2.47. The number of halogens is 2. The van der Waals surface area contributed by atoms with Gasteiger partial charge in [0.25, 0.3) is 0 Å². The van der Waals surface area contributed by atoms with Crippen LogP contribution in [0.1, 0.15) is 37.7 Å². The molecule has 1 aliphatic carbocycles. The Morgan fingerprint density at radius 2 is 2.21 bits per heavy atom. The molecule has 1 aromatic carbocycles. The lowest BCUT2D eigenvalue weighted by Crippen LogP contribution is -2.07. The van der Waals surface area contributed by atoms with Crippen LogP contribution in [0.4, 0.5) is 0 Å². The smallest absolute Gasteiger partial charge is 0.308 e. The minimum Gasteiger partial charge on any atom is -0.469 e. The van der Waals surface area contributed by atoms with Crippen molar-refractivity contribution < 1.29 is 9.53 Å². The molecule has 1 aromatic rings. The molecule has 1 saturated carbocycles. The fourth-order valence-electron chi connectivity index (χ4n) is 2.66. The highest BCUT2D eigenvalue weighted by molar-refractivity contribution is 6.35. The lowest BCUT2D eigenvalue weighted by molar-refractivity contribution is -0.142. The number of rotatable bonds is 5. The van der Waals surface area contributed by atoms with Crippen LogP contribution in [-0.4, -0.2) is 13.1 Å². The first-order valence-corrected chi connectivity index (χ1v) is 7.35. The second-order valence-electron chi connectivity index (χ2n) is 5.13. The van der Waals surface area contributed by atoms with Gasteiger partial charge in [0.15, 0.2) is 0 Å². The zero-order chi connectivity index (χ0) is 14.0. The molecule has 0 heterocycles. The van der Waals surface area contributed by atoms with Crippen LogP contribution in [0, 0.1) is 11.8 Å². The Kier molecular flexibility index (Phi) is 4.75. The summed E-state index contributed by atoms with van der Waals surface area (Å²) < 4.78 is 4.78. The molecule has 19 heavy (non-hydrogen) atoms. The van der Waals surface area contributed by atoms with Gasteiger partial charge in [-0.15, -0.1) is 0 Å². The van der Waals surface area contributed by atoms with E-state index >= 15 is 0 Å². The van der Waals surface area contributed by atoms with Crippen LogP contribution in [0.3, 0.4) is 0 Å². The second-order valence-corrected chi connectivity index (χ2v) is 5.98. The van der Waals surface area contributed by atoms with Crippen molar-refractivity contribution in [3.05, 3.63) is 33.8 Å². The number of esters is 1. The quantitative estimate of drug-likeness (QED) is 0.738. The first-order valence-electron chi connectivity index (χ1n) is 6.59. The van der Waals surface area contributed by atoms with Crippen molar-refractivity contribution in [2.45, 2.75) is 32.1 Å². The van der Waals surface area contributed by atoms with E-state index in [9.17, 15) is 4.79 Å². The molecule has 4 heteroatoms. The van der Waals surface area contributed by atoms with E-state index < -0.39 is 0 Å². The zero-order valence-corrected chi connectivity index (χ0v) is 12.7. The average Bonchev–Trinajstić information content (AvgIpc) is 3.15. The van der Waals surface area contributed by atoms with Gasteiger partial charge in [0.1, 0.15) is 0 Å². The van der Waals surface area contributed by atoms with Gasteiger partial charge in [0.2, 0.25) is 0 Å². The molecule has 104 valence electrons. The number of carbonyl (C=O) groups is 1.